The molecule has 1 saturated heterocycles. The lowest BCUT2D eigenvalue weighted by atomic mass is 10.1. The van der Waals surface area contributed by atoms with Crippen LogP contribution in [0.4, 0.5) is 23.5 Å². The molecule has 8 nitrogen and oxygen atoms in total. The normalized spacial score (nSPS) is 14.1. The molecule has 9 heteroatoms. The monoisotopic (exact) mass is 423 g/mol. The first-order chi connectivity index (χ1) is 14.7. The van der Waals surface area contributed by atoms with Crippen LogP contribution in [0.3, 0.4) is 0 Å². The summed E-state index contributed by atoms with van der Waals surface area (Å²) in [4.78, 5) is 15.7. The Morgan fingerprint density at radius 3 is 2.53 bits per heavy atom. The van der Waals surface area contributed by atoms with Crippen molar-refractivity contribution in [3.63, 3.8) is 0 Å². The van der Waals surface area contributed by atoms with Gasteiger partial charge in [-0.05, 0) is 49.6 Å². The lowest BCUT2D eigenvalue weighted by Crippen LogP contribution is -2.31. The van der Waals surface area contributed by atoms with Crippen LogP contribution in [0, 0.1) is 0 Å². The van der Waals surface area contributed by atoms with Crippen LogP contribution >= 0.6 is 11.6 Å². The Labute approximate surface area is 179 Å². The Kier molecular flexibility index (Phi) is 6.24. The van der Waals surface area contributed by atoms with Crippen LogP contribution in [0.25, 0.3) is 0 Å². The van der Waals surface area contributed by atoms with E-state index in [1.807, 2.05) is 30.3 Å². The molecule has 2 heterocycles. The number of aromatic hydroxyl groups is 1. The van der Waals surface area contributed by atoms with Crippen molar-refractivity contribution in [2.24, 2.45) is 5.10 Å². The highest BCUT2D eigenvalue weighted by Gasteiger charge is 2.16. The second-order valence-electron chi connectivity index (χ2n) is 6.89. The minimum absolute atomic E-state index is 0.0843. The number of benzene rings is 2. The van der Waals surface area contributed by atoms with Crippen LogP contribution in [0.1, 0.15) is 24.8 Å². The molecule has 1 fully saturated rings. The first kappa shape index (κ1) is 19.9. The molecule has 4 rings (SSSR count). The fourth-order valence-corrected chi connectivity index (χ4v) is 3.33. The van der Waals surface area contributed by atoms with Gasteiger partial charge in [0.15, 0.2) is 0 Å². The zero-order valence-electron chi connectivity index (χ0n) is 16.3. The van der Waals surface area contributed by atoms with Gasteiger partial charge in [-0.25, -0.2) is 5.43 Å². The molecule has 3 aromatic rings. The molecule has 1 aromatic heterocycles. The van der Waals surface area contributed by atoms with E-state index in [4.69, 9.17) is 11.6 Å². The predicted octanol–water partition coefficient (Wildman–Crippen LogP) is 4.41. The van der Waals surface area contributed by atoms with Gasteiger partial charge in [-0.1, -0.05) is 29.8 Å². The number of anilines is 4. The van der Waals surface area contributed by atoms with Crippen LogP contribution < -0.4 is 15.6 Å². The van der Waals surface area contributed by atoms with Crippen LogP contribution in [0.2, 0.25) is 5.02 Å². The fourth-order valence-electron chi connectivity index (χ4n) is 3.14. The van der Waals surface area contributed by atoms with Crippen molar-refractivity contribution in [1.82, 2.24) is 15.0 Å². The average molecular weight is 424 g/mol. The van der Waals surface area contributed by atoms with Gasteiger partial charge in [-0.2, -0.15) is 20.1 Å². The standard InChI is InChI=1S/C21H22ClN7O/c22-16-9-10-18(30)15(13-16)14-23-28-20-25-19(24-17-7-3-1-4-8-17)26-21(27-20)29-11-5-2-6-12-29/h1,3-4,7-10,13-14,30H,2,5-6,11-12H2,(H2,24,25,26,27,28)/b23-14-. The molecule has 154 valence electrons. The Balaban J connectivity index is 1.58. The minimum Gasteiger partial charge on any atom is -0.507 e. The lowest BCUT2D eigenvalue weighted by molar-refractivity contribution is 0.474. The van der Waals surface area contributed by atoms with Crippen molar-refractivity contribution < 1.29 is 5.11 Å². The molecule has 0 bridgehead atoms. The first-order valence-electron chi connectivity index (χ1n) is 9.78. The van der Waals surface area contributed by atoms with Gasteiger partial charge in [0.05, 0.1) is 6.21 Å². The van der Waals surface area contributed by atoms with Crippen molar-refractivity contribution in [1.29, 1.82) is 0 Å². The zero-order valence-corrected chi connectivity index (χ0v) is 17.0. The molecular weight excluding hydrogens is 402 g/mol. The Morgan fingerprint density at radius 2 is 1.73 bits per heavy atom. The van der Waals surface area contributed by atoms with Crippen molar-refractivity contribution in [3.8, 4) is 5.75 Å². The number of hydrazone groups is 1. The molecule has 1 aliphatic heterocycles. The Hall–Kier alpha value is -3.39. The topological polar surface area (TPSA) is 98.6 Å². The number of phenolic OH excluding ortho intramolecular Hbond substituents is 1. The van der Waals surface area contributed by atoms with Crippen molar-refractivity contribution in [2.75, 3.05) is 28.7 Å². The van der Waals surface area contributed by atoms with Gasteiger partial charge in [-0.3, -0.25) is 0 Å². The number of hydrogen-bond donors (Lipinski definition) is 3. The van der Waals surface area contributed by atoms with Gasteiger partial charge in [0, 0.05) is 29.4 Å². The van der Waals surface area contributed by atoms with Gasteiger partial charge in [-0.15, -0.1) is 0 Å². The summed E-state index contributed by atoms with van der Waals surface area (Å²) in [5.74, 6) is 1.43. The highest BCUT2D eigenvalue weighted by atomic mass is 35.5. The average Bonchev–Trinajstić information content (AvgIpc) is 2.77. The van der Waals surface area contributed by atoms with E-state index >= 15 is 0 Å². The van der Waals surface area contributed by atoms with Gasteiger partial charge >= 0.3 is 0 Å². The summed E-state index contributed by atoms with van der Waals surface area (Å²) in [7, 11) is 0. The summed E-state index contributed by atoms with van der Waals surface area (Å²) in [6, 6.07) is 14.5. The number of halogens is 1. The molecule has 0 aliphatic carbocycles. The molecule has 0 atom stereocenters. The summed E-state index contributed by atoms with van der Waals surface area (Å²) in [5, 5.41) is 17.8. The van der Waals surface area contributed by atoms with E-state index in [1.54, 1.807) is 12.1 Å². The fraction of sp³-hybridized carbons (Fsp3) is 0.238. The number of para-hydroxylation sites is 1. The van der Waals surface area contributed by atoms with Crippen molar-refractivity contribution >= 4 is 41.3 Å². The molecule has 1 aliphatic rings. The smallest absolute Gasteiger partial charge is 0.250 e. The van der Waals surface area contributed by atoms with E-state index in [9.17, 15) is 5.11 Å². The first-order valence-corrected chi connectivity index (χ1v) is 10.2. The Morgan fingerprint density at radius 1 is 0.967 bits per heavy atom. The van der Waals surface area contributed by atoms with Gasteiger partial charge in [0.25, 0.3) is 0 Å². The predicted molar refractivity (Wildman–Crippen MR) is 120 cm³/mol. The van der Waals surface area contributed by atoms with Gasteiger partial charge in [0.1, 0.15) is 5.75 Å². The highest BCUT2D eigenvalue weighted by molar-refractivity contribution is 6.30. The van der Waals surface area contributed by atoms with Crippen molar-refractivity contribution in [3.05, 3.63) is 59.1 Å². The zero-order chi connectivity index (χ0) is 20.8. The molecule has 30 heavy (non-hydrogen) atoms. The van der Waals surface area contributed by atoms with Crippen LogP contribution in [0.15, 0.2) is 53.6 Å². The maximum Gasteiger partial charge on any atom is 0.250 e. The SMILES string of the molecule is Oc1ccc(Cl)cc1/C=N\Nc1nc(Nc2ccccc2)nc(N2CCCCC2)n1. The van der Waals surface area contributed by atoms with E-state index < -0.39 is 0 Å². The molecule has 2 aromatic carbocycles. The molecule has 0 amide bonds. The summed E-state index contributed by atoms with van der Waals surface area (Å²) in [6.07, 6.45) is 4.91. The number of hydrogen-bond acceptors (Lipinski definition) is 8. The van der Waals surface area contributed by atoms with Gasteiger partial charge < -0.3 is 15.3 Å². The molecule has 0 radical (unpaired) electrons. The van der Waals surface area contributed by atoms with E-state index in [-0.39, 0.29) is 5.75 Å². The van der Waals surface area contributed by atoms with Crippen LogP contribution in [0.5, 0.6) is 5.75 Å². The largest absolute Gasteiger partial charge is 0.507 e. The number of aromatic nitrogens is 3. The molecule has 0 saturated carbocycles. The summed E-state index contributed by atoms with van der Waals surface area (Å²) >= 11 is 5.98. The van der Waals surface area contributed by atoms with Gasteiger partial charge in [0.2, 0.25) is 17.8 Å². The third-order valence-corrected chi connectivity index (χ3v) is 4.89. The number of nitrogens with zero attached hydrogens (tertiary/aromatic N) is 5. The second kappa shape index (κ2) is 9.41. The number of rotatable bonds is 6. The highest BCUT2D eigenvalue weighted by Crippen LogP contribution is 2.22. The van der Waals surface area contributed by atoms with E-state index in [1.165, 1.54) is 18.7 Å². The molecule has 3 N–H and O–H groups in total. The lowest BCUT2D eigenvalue weighted by Gasteiger charge is -2.26. The molecule has 0 spiro atoms. The summed E-state index contributed by atoms with van der Waals surface area (Å²) < 4.78 is 0. The van der Waals surface area contributed by atoms with Crippen LogP contribution in [-0.2, 0) is 0 Å². The van der Waals surface area contributed by atoms with E-state index in [0.717, 1.165) is 31.6 Å². The number of phenols is 1. The summed E-state index contributed by atoms with van der Waals surface area (Å²) in [5.41, 5.74) is 4.20. The maximum absolute atomic E-state index is 9.92. The minimum atomic E-state index is 0.0843. The third-order valence-electron chi connectivity index (χ3n) is 4.65. The van der Waals surface area contributed by atoms with Crippen molar-refractivity contribution in [2.45, 2.75) is 19.3 Å². The Bertz CT molecular complexity index is 1020. The third kappa shape index (κ3) is 5.15. The van der Waals surface area contributed by atoms with E-state index in [2.05, 4.69) is 35.7 Å². The molecular formula is C21H22ClN7O. The number of nitrogens with one attached hydrogen (secondary N) is 2. The quantitative estimate of drug-likeness (QED) is 0.399. The maximum atomic E-state index is 9.92. The molecule has 0 unspecified atom stereocenters. The summed E-state index contributed by atoms with van der Waals surface area (Å²) in [6.45, 7) is 1.82. The number of piperidine rings is 1. The second-order valence-corrected chi connectivity index (χ2v) is 7.33. The van der Waals surface area contributed by atoms with Crippen LogP contribution in [-0.4, -0.2) is 39.4 Å². The van der Waals surface area contributed by atoms with E-state index in [0.29, 0.717) is 28.4 Å².